The first-order valence-electron chi connectivity index (χ1n) is 9.46. The molecule has 146 valence electrons. The Morgan fingerprint density at radius 1 is 0.852 bits per heavy atom. The maximum Gasteiger partial charge on any atom is 0.191 e. The van der Waals surface area contributed by atoms with Gasteiger partial charge in [0.1, 0.15) is 0 Å². The van der Waals surface area contributed by atoms with Crippen molar-refractivity contribution >= 4 is 5.96 Å². The minimum Gasteiger partial charge on any atom is -0.382 e. The van der Waals surface area contributed by atoms with Crippen LogP contribution in [0.2, 0.25) is 0 Å². The average Bonchev–Trinajstić information content (AvgIpc) is 2.73. The summed E-state index contributed by atoms with van der Waals surface area (Å²) in [5.74, 6) is 1.15. The van der Waals surface area contributed by atoms with Crippen LogP contribution in [0.15, 0.2) is 65.7 Å². The van der Waals surface area contributed by atoms with Gasteiger partial charge in [0.25, 0.3) is 0 Å². The molecule has 2 aromatic carbocycles. The van der Waals surface area contributed by atoms with Crippen LogP contribution in [-0.4, -0.2) is 53.0 Å². The molecule has 0 saturated heterocycles. The minimum absolute atomic E-state index is 0.357. The molecule has 2 rings (SSSR count). The van der Waals surface area contributed by atoms with Gasteiger partial charge < -0.3 is 20.1 Å². The van der Waals surface area contributed by atoms with Crippen molar-refractivity contribution in [2.75, 3.05) is 47.1 Å². The zero-order chi connectivity index (χ0) is 19.2. The number of hydrogen-bond donors (Lipinski definition) is 2. The molecule has 5 nitrogen and oxygen atoms in total. The Labute approximate surface area is 162 Å². The van der Waals surface area contributed by atoms with Crippen LogP contribution in [0.4, 0.5) is 0 Å². The molecule has 0 aliphatic carbocycles. The monoisotopic (exact) mass is 369 g/mol. The standard InChI is InChI=1S/C22H31N3O2/c1-23-22(25-15-16-27-18-17-26-2)24-14-13-21(19-9-5-3-6-10-19)20-11-7-4-8-12-20/h3-12,21H,13-18H2,1-2H3,(H2,23,24,25). The van der Waals surface area contributed by atoms with Crippen molar-refractivity contribution in [1.82, 2.24) is 10.6 Å². The summed E-state index contributed by atoms with van der Waals surface area (Å²) in [5.41, 5.74) is 2.67. The van der Waals surface area contributed by atoms with E-state index in [0.29, 0.717) is 32.3 Å². The topological polar surface area (TPSA) is 54.9 Å². The third-order valence-electron chi connectivity index (χ3n) is 4.32. The van der Waals surface area contributed by atoms with Crippen LogP contribution >= 0.6 is 0 Å². The number of guanidine groups is 1. The van der Waals surface area contributed by atoms with Gasteiger partial charge in [-0.25, -0.2) is 0 Å². The van der Waals surface area contributed by atoms with E-state index in [-0.39, 0.29) is 0 Å². The van der Waals surface area contributed by atoms with Gasteiger partial charge in [0.2, 0.25) is 0 Å². The van der Waals surface area contributed by atoms with E-state index in [9.17, 15) is 0 Å². The van der Waals surface area contributed by atoms with Crippen molar-refractivity contribution in [3.8, 4) is 0 Å². The Balaban J connectivity index is 1.82. The Morgan fingerprint density at radius 3 is 2.00 bits per heavy atom. The molecular formula is C22H31N3O2. The van der Waals surface area contributed by atoms with E-state index in [4.69, 9.17) is 9.47 Å². The second-order valence-corrected chi connectivity index (χ2v) is 6.19. The maximum atomic E-state index is 5.46. The number of benzene rings is 2. The number of methoxy groups -OCH3 is 1. The van der Waals surface area contributed by atoms with Crippen LogP contribution in [-0.2, 0) is 9.47 Å². The minimum atomic E-state index is 0.357. The Morgan fingerprint density at radius 2 is 1.44 bits per heavy atom. The van der Waals surface area contributed by atoms with Gasteiger partial charge in [-0.1, -0.05) is 60.7 Å². The molecular weight excluding hydrogens is 338 g/mol. The summed E-state index contributed by atoms with van der Waals surface area (Å²) < 4.78 is 10.4. The lowest BCUT2D eigenvalue weighted by Gasteiger charge is -2.19. The quantitative estimate of drug-likeness (QED) is 0.363. The van der Waals surface area contributed by atoms with E-state index in [0.717, 1.165) is 18.9 Å². The second-order valence-electron chi connectivity index (χ2n) is 6.19. The number of hydrogen-bond acceptors (Lipinski definition) is 3. The molecule has 0 aliphatic heterocycles. The van der Waals surface area contributed by atoms with Crippen molar-refractivity contribution < 1.29 is 9.47 Å². The van der Waals surface area contributed by atoms with Gasteiger partial charge in [-0.2, -0.15) is 0 Å². The highest BCUT2D eigenvalue weighted by Crippen LogP contribution is 2.27. The second kappa shape index (κ2) is 12.9. The van der Waals surface area contributed by atoms with Gasteiger partial charge in [-0.3, -0.25) is 4.99 Å². The summed E-state index contributed by atoms with van der Waals surface area (Å²) in [7, 11) is 3.46. The Kier molecular flexibility index (Phi) is 10.0. The van der Waals surface area contributed by atoms with Crippen molar-refractivity contribution in [2.24, 2.45) is 4.99 Å². The molecule has 0 unspecified atom stereocenters. The van der Waals surface area contributed by atoms with Crippen LogP contribution < -0.4 is 10.6 Å². The molecule has 0 spiro atoms. The van der Waals surface area contributed by atoms with E-state index in [1.165, 1.54) is 11.1 Å². The van der Waals surface area contributed by atoms with Gasteiger partial charge in [0.05, 0.1) is 19.8 Å². The smallest absolute Gasteiger partial charge is 0.191 e. The summed E-state index contributed by atoms with van der Waals surface area (Å²) >= 11 is 0. The fourth-order valence-corrected chi connectivity index (χ4v) is 2.94. The summed E-state index contributed by atoms with van der Waals surface area (Å²) in [6.07, 6.45) is 0.985. The van der Waals surface area contributed by atoms with Gasteiger partial charge in [0.15, 0.2) is 5.96 Å². The molecule has 0 aromatic heterocycles. The first-order valence-corrected chi connectivity index (χ1v) is 9.46. The van der Waals surface area contributed by atoms with Crippen molar-refractivity contribution in [1.29, 1.82) is 0 Å². The zero-order valence-corrected chi connectivity index (χ0v) is 16.4. The first-order chi connectivity index (χ1) is 13.3. The van der Waals surface area contributed by atoms with Gasteiger partial charge in [-0.05, 0) is 17.5 Å². The Bertz CT molecular complexity index is 608. The lowest BCUT2D eigenvalue weighted by atomic mass is 9.88. The molecule has 5 heteroatoms. The van der Waals surface area contributed by atoms with Crippen LogP contribution in [0.3, 0.4) is 0 Å². The van der Waals surface area contributed by atoms with E-state index < -0.39 is 0 Å². The Hall–Kier alpha value is -2.37. The molecule has 0 aliphatic rings. The van der Waals surface area contributed by atoms with Crippen LogP contribution in [0.5, 0.6) is 0 Å². The predicted molar refractivity (Wildman–Crippen MR) is 111 cm³/mol. The van der Waals surface area contributed by atoms with Gasteiger partial charge in [0, 0.05) is 33.2 Å². The largest absolute Gasteiger partial charge is 0.382 e. The van der Waals surface area contributed by atoms with Gasteiger partial charge in [-0.15, -0.1) is 0 Å². The average molecular weight is 370 g/mol. The third-order valence-corrected chi connectivity index (χ3v) is 4.32. The van der Waals surface area contributed by atoms with Crippen molar-refractivity contribution in [3.05, 3.63) is 71.8 Å². The summed E-state index contributed by atoms with van der Waals surface area (Å²) in [5, 5.41) is 6.67. The molecule has 2 N–H and O–H groups in total. The SMILES string of the molecule is CN=C(NCCOCCOC)NCCC(c1ccccc1)c1ccccc1. The van der Waals surface area contributed by atoms with Crippen LogP contribution in [0.1, 0.15) is 23.5 Å². The highest BCUT2D eigenvalue weighted by molar-refractivity contribution is 5.79. The molecule has 0 amide bonds. The number of ether oxygens (including phenoxy) is 2. The number of rotatable bonds is 11. The molecule has 0 saturated carbocycles. The lowest BCUT2D eigenvalue weighted by molar-refractivity contribution is 0.0733. The van der Waals surface area contributed by atoms with Crippen LogP contribution in [0.25, 0.3) is 0 Å². The van der Waals surface area contributed by atoms with E-state index in [1.54, 1.807) is 14.2 Å². The normalized spacial score (nSPS) is 11.6. The highest BCUT2D eigenvalue weighted by atomic mass is 16.5. The highest BCUT2D eigenvalue weighted by Gasteiger charge is 2.13. The summed E-state index contributed by atoms with van der Waals surface area (Å²) in [6.45, 7) is 3.40. The predicted octanol–water partition coefficient (Wildman–Crippen LogP) is 3.04. The number of nitrogens with zero attached hydrogens (tertiary/aromatic N) is 1. The number of nitrogens with one attached hydrogen (secondary N) is 2. The molecule has 0 atom stereocenters. The molecule has 0 fully saturated rings. The zero-order valence-electron chi connectivity index (χ0n) is 16.4. The fourth-order valence-electron chi connectivity index (χ4n) is 2.94. The van der Waals surface area contributed by atoms with Crippen molar-refractivity contribution in [2.45, 2.75) is 12.3 Å². The van der Waals surface area contributed by atoms with E-state index >= 15 is 0 Å². The van der Waals surface area contributed by atoms with Crippen LogP contribution in [0, 0.1) is 0 Å². The molecule has 0 radical (unpaired) electrons. The first kappa shape index (κ1) is 20.9. The number of aliphatic imine (C=N–C) groups is 1. The van der Waals surface area contributed by atoms with E-state index in [1.807, 2.05) is 0 Å². The van der Waals surface area contributed by atoms with Crippen molar-refractivity contribution in [3.63, 3.8) is 0 Å². The molecule has 0 bridgehead atoms. The van der Waals surface area contributed by atoms with Gasteiger partial charge >= 0.3 is 0 Å². The molecule has 2 aromatic rings. The molecule has 27 heavy (non-hydrogen) atoms. The maximum absolute atomic E-state index is 5.46. The fraction of sp³-hybridized carbons (Fsp3) is 0.409. The lowest BCUT2D eigenvalue weighted by Crippen LogP contribution is -2.39. The van der Waals surface area contributed by atoms with E-state index in [2.05, 4.69) is 76.3 Å². The molecule has 0 heterocycles. The third kappa shape index (κ3) is 7.81. The summed E-state index contributed by atoms with van der Waals surface area (Å²) in [4.78, 5) is 4.28. The summed E-state index contributed by atoms with van der Waals surface area (Å²) in [6, 6.07) is 21.3.